The highest BCUT2D eigenvalue weighted by molar-refractivity contribution is 7.08. The second-order valence-corrected chi connectivity index (χ2v) is 8.01. The quantitative estimate of drug-likeness (QED) is 0.482. The van der Waals surface area contributed by atoms with Crippen molar-refractivity contribution in [1.82, 2.24) is 10.6 Å². The Kier molecular flexibility index (Phi) is 9.67. The highest BCUT2D eigenvalue weighted by atomic mass is 32.1. The van der Waals surface area contributed by atoms with Gasteiger partial charge in [0.05, 0.1) is 19.3 Å². The van der Waals surface area contributed by atoms with Gasteiger partial charge in [-0.1, -0.05) is 19.9 Å². The Balaban J connectivity index is 1.92. The van der Waals surface area contributed by atoms with Crippen molar-refractivity contribution < 1.29 is 19.1 Å². The molecule has 6 nitrogen and oxygen atoms in total. The summed E-state index contributed by atoms with van der Waals surface area (Å²) in [6.45, 7) is 9.58. The lowest BCUT2D eigenvalue weighted by atomic mass is 9.95. The fourth-order valence-electron chi connectivity index (χ4n) is 3.09. The van der Waals surface area contributed by atoms with Crippen LogP contribution in [0, 0.1) is 5.92 Å². The highest BCUT2D eigenvalue weighted by Crippen LogP contribution is 2.33. The van der Waals surface area contributed by atoms with Crippen LogP contribution in [-0.2, 0) is 4.79 Å². The van der Waals surface area contributed by atoms with Gasteiger partial charge in [-0.05, 0) is 55.3 Å². The lowest BCUT2D eigenvalue weighted by Crippen LogP contribution is -2.32. The predicted octanol–water partition coefficient (Wildman–Crippen LogP) is 4.57. The van der Waals surface area contributed by atoms with Crippen LogP contribution in [0.3, 0.4) is 0 Å². The van der Waals surface area contributed by atoms with Gasteiger partial charge in [-0.3, -0.25) is 9.59 Å². The number of hydrogen-bond acceptors (Lipinski definition) is 5. The van der Waals surface area contributed by atoms with E-state index in [1.165, 1.54) is 11.3 Å². The van der Waals surface area contributed by atoms with Gasteiger partial charge in [0, 0.05) is 23.9 Å². The zero-order valence-electron chi connectivity index (χ0n) is 18.2. The molecule has 1 heterocycles. The van der Waals surface area contributed by atoms with Crippen LogP contribution in [0.2, 0.25) is 0 Å². The molecule has 1 aromatic carbocycles. The monoisotopic (exact) mass is 432 g/mol. The van der Waals surface area contributed by atoms with Crippen LogP contribution in [-0.4, -0.2) is 31.6 Å². The van der Waals surface area contributed by atoms with Gasteiger partial charge in [0.1, 0.15) is 0 Å². The van der Waals surface area contributed by atoms with E-state index in [4.69, 9.17) is 9.47 Å². The van der Waals surface area contributed by atoms with E-state index in [1.54, 1.807) is 6.07 Å². The molecular formula is C23H32N2O4S. The summed E-state index contributed by atoms with van der Waals surface area (Å²) in [5.41, 5.74) is 1.64. The SMILES string of the molecule is CCOc1ccc(C(NC(=O)CCCNC(=O)c2ccsc2)C(C)C)cc1OCC. The largest absolute Gasteiger partial charge is 0.490 e. The maximum absolute atomic E-state index is 12.5. The van der Waals surface area contributed by atoms with Gasteiger partial charge in [0.25, 0.3) is 5.91 Å². The number of nitrogens with one attached hydrogen (secondary N) is 2. The fourth-order valence-corrected chi connectivity index (χ4v) is 3.72. The molecule has 1 unspecified atom stereocenters. The third-order valence-corrected chi connectivity index (χ3v) is 5.24. The Labute approximate surface area is 183 Å². The molecule has 0 saturated heterocycles. The second kappa shape index (κ2) is 12.2. The normalized spacial score (nSPS) is 11.8. The predicted molar refractivity (Wildman–Crippen MR) is 120 cm³/mol. The van der Waals surface area contributed by atoms with Gasteiger partial charge < -0.3 is 20.1 Å². The summed E-state index contributed by atoms with van der Waals surface area (Å²) in [4.78, 5) is 24.4. The van der Waals surface area contributed by atoms with Crippen molar-refractivity contribution in [3.8, 4) is 11.5 Å². The van der Waals surface area contributed by atoms with E-state index in [0.717, 1.165) is 5.56 Å². The molecule has 0 bridgehead atoms. The smallest absolute Gasteiger partial charge is 0.252 e. The van der Waals surface area contributed by atoms with Crippen molar-refractivity contribution in [2.75, 3.05) is 19.8 Å². The minimum atomic E-state index is -0.132. The molecular weight excluding hydrogens is 400 g/mol. The average molecular weight is 433 g/mol. The Morgan fingerprint density at radius 1 is 1.07 bits per heavy atom. The second-order valence-electron chi connectivity index (χ2n) is 7.23. The standard InChI is InChI=1S/C23H32N2O4S/c1-5-28-19-10-9-17(14-20(19)29-6-2)22(16(3)4)25-21(26)8-7-12-24-23(27)18-11-13-30-15-18/h9-11,13-16,22H,5-8,12H2,1-4H3,(H,24,27)(H,25,26). The summed E-state index contributed by atoms with van der Waals surface area (Å²) >= 11 is 1.49. The third kappa shape index (κ3) is 7.06. The van der Waals surface area contributed by atoms with Crippen molar-refractivity contribution in [2.24, 2.45) is 5.92 Å². The van der Waals surface area contributed by atoms with E-state index in [0.29, 0.717) is 49.7 Å². The maximum Gasteiger partial charge on any atom is 0.252 e. The van der Waals surface area contributed by atoms with Crippen LogP contribution < -0.4 is 20.1 Å². The van der Waals surface area contributed by atoms with Crippen LogP contribution in [0.1, 0.15) is 62.5 Å². The molecule has 1 aromatic heterocycles. The first-order valence-corrected chi connectivity index (χ1v) is 11.4. The summed E-state index contributed by atoms with van der Waals surface area (Å²) in [5.74, 6) is 1.46. The van der Waals surface area contributed by atoms with Crippen LogP contribution in [0.5, 0.6) is 11.5 Å². The first-order chi connectivity index (χ1) is 14.5. The number of carbonyl (C=O) groups excluding carboxylic acids is 2. The molecule has 2 rings (SSSR count). The molecule has 7 heteroatoms. The summed E-state index contributed by atoms with van der Waals surface area (Å²) in [6, 6.07) is 7.46. The van der Waals surface area contributed by atoms with Gasteiger partial charge in [-0.15, -0.1) is 0 Å². The van der Waals surface area contributed by atoms with Crippen molar-refractivity contribution in [1.29, 1.82) is 0 Å². The maximum atomic E-state index is 12.5. The molecule has 2 amide bonds. The number of benzene rings is 1. The fraction of sp³-hybridized carbons (Fsp3) is 0.478. The van der Waals surface area contributed by atoms with Crippen LogP contribution in [0.25, 0.3) is 0 Å². The molecule has 0 saturated carbocycles. The molecule has 1 atom stereocenters. The molecule has 0 fully saturated rings. The number of rotatable bonds is 12. The Morgan fingerprint density at radius 3 is 2.43 bits per heavy atom. The van der Waals surface area contributed by atoms with Gasteiger partial charge >= 0.3 is 0 Å². The molecule has 2 aromatic rings. The van der Waals surface area contributed by atoms with Crippen LogP contribution in [0.15, 0.2) is 35.0 Å². The Morgan fingerprint density at radius 2 is 1.80 bits per heavy atom. The van der Waals surface area contributed by atoms with Crippen LogP contribution >= 0.6 is 11.3 Å². The van der Waals surface area contributed by atoms with E-state index >= 15 is 0 Å². The van der Waals surface area contributed by atoms with E-state index in [9.17, 15) is 9.59 Å². The van der Waals surface area contributed by atoms with Gasteiger partial charge in [0.15, 0.2) is 11.5 Å². The van der Waals surface area contributed by atoms with Gasteiger partial charge in [-0.25, -0.2) is 0 Å². The zero-order chi connectivity index (χ0) is 21.9. The number of hydrogen-bond donors (Lipinski definition) is 2. The summed E-state index contributed by atoms with van der Waals surface area (Å²) in [5, 5.41) is 9.64. The molecule has 0 radical (unpaired) electrons. The molecule has 0 spiro atoms. The molecule has 2 N–H and O–H groups in total. The Bertz CT molecular complexity index is 806. The molecule has 0 aliphatic carbocycles. The van der Waals surface area contributed by atoms with E-state index in [1.807, 2.05) is 42.8 Å². The third-order valence-electron chi connectivity index (χ3n) is 4.56. The highest BCUT2D eigenvalue weighted by Gasteiger charge is 2.20. The molecule has 30 heavy (non-hydrogen) atoms. The first kappa shape index (κ1) is 23.7. The molecule has 0 aliphatic heterocycles. The van der Waals surface area contributed by atoms with Crippen LogP contribution in [0.4, 0.5) is 0 Å². The summed E-state index contributed by atoms with van der Waals surface area (Å²) in [6.07, 6.45) is 0.933. The first-order valence-electron chi connectivity index (χ1n) is 10.5. The number of thiophene rings is 1. The molecule has 0 aliphatic rings. The number of amides is 2. The van der Waals surface area contributed by atoms with E-state index < -0.39 is 0 Å². The zero-order valence-corrected chi connectivity index (χ0v) is 19.0. The van der Waals surface area contributed by atoms with E-state index in [2.05, 4.69) is 24.5 Å². The summed E-state index contributed by atoms with van der Waals surface area (Å²) < 4.78 is 11.4. The summed E-state index contributed by atoms with van der Waals surface area (Å²) in [7, 11) is 0. The number of carbonyl (C=O) groups is 2. The van der Waals surface area contributed by atoms with E-state index in [-0.39, 0.29) is 23.8 Å². The average Bonchev–Trinajstić information content (AvgIpc) is 3.26. The van der Waals surface area contributed by atoms with Crippen molar-refractivity contribution in [3.05, 3.63) is 46.2 Å². The van der Waals surface area contributed by atoms with Crippen molar-refractivity contribution in [2.45, 2.75) is 46.6 Å². The minimum absolute atomic E-state index is 0.0367. The van der Waals surface area contributed by atoms with Crippen molar-refractivity contribution in [3.63, 3.8) is 0 Å². The van der Waals surface area contributed by atoms with Gasteiger partial charge in [0.2, 0.25) is 5.91 Å². The lowest BCUT2D eigenvalue weighted by molar-refractivity contribution is -0.122. The lowest BCUT2D eigenvalue weighted by Gasteiger charge is -2.24. The van der Waals surface area contributed by atoms with Gasteiger partial charge in [-0.2, -0.15) is 11.3 Å². The Hall–Kier alpha value is -2.54. The topological polar surface area (TPSA) is 76.7 Å². The van der Waals surface area contributed by atoms with Crippen molar-refractivity contribution >= 4 is 23.2 Å². The number of ether oxygens (including phenoxy) is 2. The molecule has 164 valence electrons. The minimum Gasteiger partial charge on any atom is -0.490 e.